The Morgan fingerprint density at radius 3 is 2.60 bits per heavy atom. The largest absolute Gasteiger partial charge is 0.357 e. The number of halogens is 1. The number of amides is 1. The van der Waals surface area contributed by atoms with Gasteiger partial charge < -0.3 is 16.0 Å². The molecule has 1 unspecified atom stereocenters. The number of carbonyl (C=O) groups is 1. The Bertz CT molecular complexity index is 296. The molecule has 1 aliphatic heterocycles. The molecule has 1 amide bonds. The summed E-state index contributed by atoms with van der Waals surface area (Å²) in [6, 6.07) is 0.289. The monoisotopic (exact) mass is 396 g/mol. The molecule has 0 saturated carbocycles. The summed E-state index contributed by atoms with van der Waals surface area (Å²) in [5.41, 5.74) is 0. The summed E-state index contributed by atoms with van der Waals surface area (Å²) in [7, 11) is 0. The van der Waals surface area contributed by atoms with Gasteiger partial charge in [0.2, 0.25) is 5.91 Å². The van der Waals surface area contributed by atoms with Crippen molar-refractivity contribution in [2.75, 3.05) is 19.6 Å². The molecule has 118 valence electrons. The molecule has 1 aliphatic rings. The molecule has 3 N–H and O–H groups in total. The summed E-state index contributed by atoms with van der Waals surface area (Å²) in [4.78, 5) is 15.8. The number of piperidine rings is 1. The zero-order chi connectivity index (χ0) is 14.1. The van der Waals surface area contributed by atoms with Gasteiger partial charge in [-0.25, -0.2) is 0 Å². The van der Waals surface area contributed by atoms with Crippen LogP contribution < -0.4 is 16.0 Å². The molecule has 1 saturated heterocycles. The maximum absolute atomic E-state index is 11.1. The Kier molecular flexibility index (Phi) is 10.9. The highest BCUT2D eigenvalue weighted by Gasteiger charge is 2.18. The first-order valence-corrected chi connectivity index (χ1v) is 7.51. The Balaban J connectivity index is 0.00000361. The van der Waals surface area contributed by atoms with Crippen LogP contribution in [0.1, 0.15) is 46.5 Å². The first kappa shape index (κ1) is 19.5. The first-order valence-electron chi connectivity index (χ1n) is 7.51. The minimum atomic E-state index is 0. The molecule has 0 aliphatic carbocycles. The van der Waals surface area contributed by atoms with Crippen molar-refractivity contribution in [3.63, 3.8) is 0 Å². The number of hydrogen-bond donors (Lipinski definition) is 3. The molecule has 0 spiro atoms. The SMILES string of the molecule is CCNC(=NCC(CC)CC)NC1CCC(=O)NC1.I. The van der Waals surface area contributed by atoms with Crippen LogP contribution in [0.15, 0.2) is 4.99 Å². The second-order valence-corrected chi connectivity index (χ2v) is 5.09. The van der Waals surface area contributed by atoms with Gasteiger partial charge in [0.15, 0.2) is 5.96 Å². The van der Waals surface area contributed by atoms with E-state index in [0.717, 1.165) is 25.5 Å². The maximum Gasteiger partial charge on any atom is 0.220 e. The molecule has 6 heteroatoms. The molecule has 0 aromatic rings. The smallest absolute Gasteiger partial charge is 0.220 e. The molecule has 1 heterocycles. The van der Waals surface area contributed by atoms with Gasteiger partial charge in [-0.3, -0.25) is 9.79 Å². The van der Waals surface area contributed by atoms with Crippen molar-refractivity contribution in [1.29, 1.82) is 0 Å². The van der Waals surface area contributed by atoms with Crippen LogP contribution in [-0.2, 0) is 4.79 Å². The van der Waals surface area contributed by atoms with Gasteiger partial charge in [0.1, 0.15) is 0 Å². The van der Waals surface area contributed by atoms with Crippen LogP contribution in [0.25, 0.3) is 0 Å². The van der Waals surface area contributed by atoms with E-state index in [1.165, 1.54) is 12.8 Å². The molecular formula is C14H29IN4O. The van der Waals surface area contributed by atoms with E-state index in [1.807, 2.05) is 0 Å². The van der Waals surface area contributed by atoms with Crippen LogP contribution in [0.3, 0.4) is 0 Å². The van der Waals surface area contributed by atoms with Crippen molar-refractivity contribution in [3.05, 3.63) is 0 Å². The van der Waals surface area contributed by atoms with Crippen molar-refractivity contribution in [3.8, 4) is 0 Å². The van der Waals surface area contributed by atoms with Crippen molar-refractivity contribution < 1.29 is 4.79 Å². The average molecular weight is 396 g/mol. The third-order valence-corrected chi connectivity index (χ3v) is 3.61. The Morgan fingerprint density at radius 2 is 2.10 bits per heavy atom. The van der Waals surface area contributed by atoms with Crippen LogP contribution in [-0.4, -0.2) is 37.5 Å². The number of carbonyl (C=O) groups excluding carboxylic acids is 1. The summed E-state index contributed by atoms with van der Waals surface area (Å²) in [5.74, 6) is 1.68. The molecular weight excluding hydrogens is 367 g/mol. The van der Waals surface area contributed by atoms with Crippen molar-refractivity contribution >= 4 is 35.8 Å². The summed E-state index contributed by atoms with van der Waals surface area (Å²) < 4.78 is 0. The van der Waals surface area contributed by atoms with Crippen LogP contribution in [0.2, 0.25) is 0 Å². The lowest BCUT2D eigenvalue weighted by atomic mass is 10.0. The third-order valence-electron chi connectivity index (χ3n) is 3.61. The summed E-state index contributed by atoms with van der Waals surface area (Å²) in [6.07, 6.45) is 3.81. The predicted molar refractivity (Wildman–Crippen MR) is 94.6 cm³/mol. The highest BCUT2D eigenvalue weighted by molar-refractivity contribution is 14.0. The van der Waals surface area contributed by atoms with Crippen LogP contribution in [0.4, 0.5) is 0 Å². The van der Waals surface area contributed by atoms with Crippen LogP contribution in [0.5, 0.6) is 0 Å². The summed E-state index contributed by atoms with van der Waals surface area (Å²) in [5, 5.41) is 9.56. The molecule has 5 nitrogen and oxygen atoms in total. The fourth-order valence-corrected chi connectivity index (χ4v) is 2.14. The lowest BCUT2D eigenvalue weighted by Crippen LogP contribution is -2.51. The predicted octanol–water partition coefficient (Wildman–Crippen LogP) is 1.87. The van der Waals surface area contributed by atoms with Gasteiger partial charge in [0, 0.05) is 32.1 Å². The second kappa shape index (κ2) is 11.2. The zero-order valence-electron chi connectivity index (χ0n) is 12.9. The van der Waals surface area contributed by atoms with E-state index in [1.54, 1.807) is 0 Å². The lowest BCUT2D eigenvalue weighted by molar-refractivity contribution is -0.122. The number of hydrogen-bond acceptors (Lipinski definition) is 2. The number of rotatable bonds is 6. The minimum absolute atomic E-state index is 0. The lowest BCUT2D eigenvalue weighted by Gasteiger charge is -2.25. The summed E-state index contributed by atoms with van der Waals surface area (Å²) in [6.45, 7) is 8.89. The second-order valence-electron chi connectivity index (χ2n) is 5.09. The van der Waals surface area contributed by atoms with Crippen molar-refractivity contribution in [1.82, 2.24) is 16.0 Å². The Hall–Kier alpha value is -0.530. The number of guanidine groups is 1. The fraction of sp³-hybridized carbons (Fsp3) is 0.857. The van der Waals surface area contributed by atoms with E-state index in [0.29, 0.717) is 18.9 Å². The van der Waals surface area contributed by atoms with Gasteiger partial charge in [-0.1, -0.05) is 26.7 Å². The van der Waals surface area contributed by atoms with Gasteiger partial charge in [0.25, 0.3) is 0 Å². The van der Waals surface area contributed by atoms with Gasteiger partial charge >= 0.3 is 0 Å². The van der Waals surface area contributed by atoms with Crippen LogP contribution >= 0.6 is 24.0 Å². The van der Waals surface area contributed by atoms with Gasteiger partial charge in [-0.05, 0) is 19.3 Å². The zero-order valence-corrected chi connectivity index (χ0v) is 15.2. The Labute approximate surface area is 139 Å². The van der Waals surface area contributed by atoms with Gasteiger partial charge in [-0.2, -0.15) is 0 Å². The van der Waals surface area contributed by atoms with Gasteiger partial charge in [-0.15, -0.1) is 24.0 Å². The van der Waals surface area contributed by atoms with E-state index >= 15 is 0 Å². The highest BCUT2D eigenvalue weighted by Crippen LogP contribution is 2.07. The van der Waals surface area contributed by atoms with E-state index in [9.17, 15) is 4.79 Å². The van der Waals surface area contributed by atoms with Crippen LogP contribution in [0, 0.1) is 5.92 Å². The minimum Gasteiger partial charge on any atom is -0.357 e. The average Bonchev–Trinajstić information content (AvgIpc) is 2.42. The number of aliphatic imine (C=N–C) groups is 1. The molecule has 0 aromatic heterocycles. The quantitative estimate of drug-likeness (QED) is 0.365. The molecule has 0 bridgehead atoms. The van der Waals surface area contributed by atoms with Crippen molar-refractivity contribution in [2.45, 2.75) is 52.5 Å². The first-order chi connectivity index (χ1) is 9.19. The fourth-order valence-electron chi connectivity index (χ4n) is 2.14. The number of nitrogens with zero attached hydrogens (tertiary/aromatic N) is 1. The van der Waals surface area contributed by atoms with E-state index in [4.69, 9.17) is 0 Å². The van der Waals surface area contributed by atoms with Crippen molar-refractivity contribution in [2.24, 2.45) is 10.9 Å². The molecule has 0 radical (unpaired) electrons. The van der Waals surface area contributed by atoms with E-state index in [2.05, 4.69) is 41.7 Å². The summed E-state index contributed by atoms with van der Waals surface area (Å²) >= 11 is 0. The number of nitrogens with one attached hydrogen (secondary N) is 3. The van der Waals surface area contributed by atoms with E-state index in [-0.39, 0.29) is 35.9 Å². The Morgan fingerprint density at radius 1 is 1.40 bits per heavy atom. The molecule has 0 aromatic carbocycles. The standard InChI is InChI=1S/C14H28N4O.HI/c1-4-11(5-2)9-17-14(15-6-3)18-12-7-8-13(19)16-10-12;/h11-12H,4-10H2,1-3H3,(H,16,19)(H2,15,17,18);1H. The topological polar surface area (TPSA) is 65.5 Å². The molecule has 1 fully saturated rings. The molecule has 20 heavy (non-hydrogen) atoms. The molecule has 1 rings (SSSR count). The van der Waals surface area contributed by atoms with E-state index < -0.39 is 0 Å². The third kappa shape index (κ3) is 7.31. The highest BCUT2D eigenvalue weighted by atomic mass is 127. The maximum atomic E-state index is 11.1. The molecule has 1 atom stereocenters. The van der Waals surface area contributed by atoms with Gasteiger partial charge in [0.05, 0.1) is 0 Å². The normalized spacial score (nSPS) is 19.3.